The van der Waals surface area contributed by atoms with Crippen LogP contribution in [0.1, 0.15) is 30.0 Å². The number of amides is 1. The summed E-state index contributed by atoms with van der Waals surface area (Å²) in [7, 11) is 0. The van der Waals surface area contributed by atoms with Crippen molar-refractivity contribution in [1.29, 1.82) is 0 Å². The summed E-state index contributed by atoms with van der Waals surface area (Å²) in [6.07, 6.45) is 1.61. The number of carboxylic acid groups (broad SMARTS) is 1. The van der Waals surface area contributed by atoms with Crippen LogP contribution in [-0.2, 0) is 4.79 Å². The number of carbonyl (C=O) groups is 2. The summed E-state index contributed by atoms with van der Waals surface area (Å²) in [6.45, 7) is 5.39. The minimum atomic E-state index is -1.05. The van der Waals surface area contributed by atoms with Crippen LogP contribution < -0.4 is 5.32 Å². The number of aromatic nitrogens is 2. The summed E-state index contributed by atoms with van der Waals surface area (Å²) in [5.74, 6) is -1.72. The van der Waals surface area contributed by atoms with Crippen LogP contribution in [0.3, 0.4) is 0 Å². The lowest BCUT2D eigenvalue weighted by Crippen LogP contribution is -2.44. The van der Waals surface area contributed by atoms with E-state index in [1.54, 1.807) is 30.5 Å². The summed E-state index contributed by atoms with van der Waals surface area (Å²) >= 11 is 0. The van der Waals surface area contributed by atoms with Crippen molar-refractivity contribution in [2.45, 2.75) is 26.8 Å². The molecule has 0 radical (unpaired) electrons. The first kappa shape index (κ1) is 14.0. The van der Waals surface area contributed by atoms with Gasteiger partial charge in [-0.3, -0.25) is 4.79 Å². The fourth-order valence-corrected chi connectivity index (χ4v) is 1.99. The van der Waals surface area contributed by atoms with Crippen LogP contribution in [0, 0.1) is 12.8 Å². The van der Waals surface area contributed by atoms with E-state index in [4.69, 9.17) is 5.11 Å². The van der Waals surface area contributed by atoms with Crippen LogP contribution in [0.5, 0.6) is 0 Å². The number of carboxylic acids is 1. The van der Waals surface area contributed by atoms with Crippen molar-refractivity contribution in [2.75, 3.05) is 0 Å². The highest BCUT2D eigenvalue weighted by molar-refractivity contribution is 5.95. The lowest BCUT2D eigenvalue weighted by molar-refractivity contribution is -0.140. The molecule has 0 saturated carbocycles. The Morgan fingerprint density at radius 2 is 2.05 bits per heavy atom. The molecule has 106 valence electrons. The standard InChI is InChI=1S/C14H17N3O3/c1-8(2)12(14(19)20)16-13(18)10-7-17-9(3)5-4-6-11(17)15-10/h4-8,12H,1-3H3,(H,16,18)(H,19,20)/t12-/m0/s1. The van der Waals surface area contributed by atoms with E-state index in [1.807, 2.05) is 19.1 Å². The number of hydrogen-bond donors (Lipinski definition) is 2. The van der Waals surface area contributed by atoms with E-state index in [9.17, 15) is 9.59 Å². The van der Waals surface area contributed by atoms with Gasteiger partial charge in [-0.2, -0.15) is 0 Å². The smallest absolute Gasteiger partial charge is 0.326 e. The van der Waals surface area contributed by atoms with Gasteiger partial charge in [-0.1, -0.05) is 19.9 Å². The Bertz CT molecular complexity index is 661. The first-order valence-corrected chi connectivity index (χ1v) is 6.38. The highest BCUT2D eigenvalue weighted by Gasteiger charge is 2.25. The molecule has 2 aromatic rings. The maximum Gasteiger partial charge on any atom is 0.326 e. The van der Waals surface area contributed by atoms with Crippen molar-refractivity contribution in [3.63, 3.8) is 0 Å². The summed E-state index contributed by atoms with van der Waals surface area (Å²) < 4.78 is 1.79. The van der Waals surface area contributed by atoms with E-state index >= 15 is 0 Å². The molecule has 6 nitrogen and oxygen atoms in total. The Hall–Kier alpha value is -2.37. The lowest BCUT2D eigenvalue weighted by atomic mass is 10.0. The van der Waals surface area contributed by atoms with Crippen LogP contribution in [0.15, 0.2) is 24.4 Å². The topological polar surface area (TPSA) is 83.7 Å². The van der Waals surface area contributed by atoms with Crippen molar-refractivity contribution in [1.82, 2.24) is 14.7 Å². The fraction of sp³-hybridized carbons (Fsp3) is 0.357. The van der Waals surface area contributed by atoms with Gasteiger partial charge in [0.2, 0.25) is 0 Å². The second-order valence-corrected chi connectivity index (χ2v) is 5.05. The molecule has 0 spiro atoms. The summed E-state index contributed by atoms with van der Waals surface area (Å²) in [5.41, 5.74) is 1.82. The number of rotatable bonds is 4. The monoisotopic (exact) mass is 275 g/mol. The second-order valence-electron chi connectivity index (χ2n) is 5.05. The number of fused-ring (bicyclic) bond motifs is 1. The molecule has 0 aliphatic heterocycles. The molecule has 2 N–H and O–H groups in total. The Labute approximate surface area is 116 Å². The van der Waals surface area contributed by atoms with Crippen LogP contribution >= 0.6 is 0 Å². The van der Waals surface area contributed by atoms with Crippen LogP contribution in [0.4, 0.5) is 0 Å². The number of nitrogens with zero attached hydrogens (tertiary/aromatic N) is 2. The van der Waals surface area contributed by atoms with E-state index in [-0.39, 0.29) is 11.6 Å². The molecule has 0 aliphatic carbocycles. The number of imidazole rings is 1. The van der Waals surface area contributed by atoms with Crippen molar-refractivity contribution >= 4 is 17.5 Å². The molecule has 1 atom stereocenters. The number of carbonyl (C=O) groups excluding carboxylic acids is 1. The Morgan fingerprint density at radius 1 is 1.35 bits per heavy atom. The van der Waals surface area contributed by atoms with Crippen molar-refractivity contribution in [2.24, 2.45) is 5.92 Å². The molecule has 20 heavy (non-hydrogen) atoms. The van der Waals surface area contributed by atoms with E-state index in [0.717, 1.165) is 5.69 Å². The molecular formula is C14H17N3O3. The predicted molar refractivity (Wildman–Crippen MR) is 73.7 cm³/mol. The van der Waals surface area contributed by atoms with E-state index < -0.39 is 17.9 Å². The Morgan fingerprint density at radius 3 is 2.60 bits per heavy atom. The van der Waals surface area contributed by atoms with E-state index in [0.29, 0.717) is 5.65 Å². The number of aryl methyl sites for hydroxylation is 1. The summed E-state index contributed by atoms with van der Waals surface area (Å²) in [5, 5.41) is 11.6. The molecular weight excluding hydrogens is 258 g/mol. The zero-order valence-corrected chi connectivity index (χ0v) is 11.6. The molecule has 0 bridgehead atoms. The van der Waals surface area contributed by atoms with Gasteiger partial charge in [-0.25, -0.2) is 9.78 Å². The average Bonchev–Trinajstić information content (AvgIpc) is 2.80. The number of pyridine rings is 1. The lowest BCUT2D eigenvalue weighted by Gasteiger charge is -2.16. The van der Waals surface area contributed by atoms with Crippen molar-refractivity contribution in [3.8, 4) is 0 Å². The van der Waals surface area contributed by atoms with Crippen LogP contribution in [-0.4, -0.2) is 32.4 Å². The van der Waals surface area contributed by atoms with Gasteiger partial charge >= 0.3 is 5.97 Å². The van der Waals surface area contributed by atoms with E-state index in [1.165, 1.54) is 0 Å². The van der Waals surface area contributed by atoms with Gasteiger partial charge in [-0.15, -0.1) is 0 Å². The first-order chi connectivity index (χ1) is 9.40. The van der Waals surface area contributed by atoms with Crippen LogP contribution in [0.2, 0.25) is 0 Å². The predicted octanol–water partition coefficient (Wildman–Crippen LogP) is 1.48. The first-order valence-electron chi connectivity index (χ1n) is 6.38. The largest absolute Gasteiger partial charge is 0.480 e. The van der Waals surface area contributed by atoms with E-state index in [2.05, 4.69) is 10.3 Å². The highest BCUT2D eigenvalue weighted by Crippen LogP contribution is 2.09. The number of nitrogens with one attached hydrogen (secondary N) is 1. The molecule has 0 unspecified atom stereocenters. The highest BCUT2D eigenvalue weighted by atomic mass is 16.4. The summed E-state index contributed by atoms with van der Waals surface area (Å²) in [6, 6.07) is 4.63. The normalized spacial score (nSPS) is 12.6. The third-order valence-corrected chi connectivity index (χ3v) is 3.15. The van der Waals surface area contributed by atoms with Gasteiger partial charge in [0.1, 0.15) is 17.4 Å². The quantitative estimate of drug-likeness (QED) is 0.885. The second kappa shape index (κ2) is 5.32. The van der Waals surface area contributed by atoms with Gasteiger partial charge < -0.3 is 14.8 Å². The van der Waals surface area contributed by atoms with Gasteiger partial charge in [0.25, 0.3) is 5.91 Å². The number of aliphatic carboxylic acids is 1. The molecule has 0 fully saturated rings. The van der Waals surface area contributed by atoms with Gasteiger partial charge in [-0.05, 0) is 25.0 Å². The summed E-state index contributed by atoms with van der Waals surface area (Å²) in [4.78, 5) is 27.4. The fourth-order valence-electron chi connectivity index (χ4n) is 1.99. The molecule has 0 aliphatic rings. The Kier molecular flexibility index (Phi) is 3.74. The van der Waals surface area contributed by atoms with Crippen molar-refractivity contribution < 1.29 is 14.7 Å². The zero-order chi connectivity index (χ0) is 14.9. The molecule has 0 aromatic carbocycles. The minimum Gasteiger partial charge on any atom is -0.480 e. The van der Waals surface area contributed by atoms with Gasteiger partial charge in [0.05, 0.1) is 0 Å². The number of hydrogen-bond acceptors (Lipinski definition) is 3. The SMILES string of the molecule is Cc1cccc2nc(C(=O)N[C@H](C(=O)O)C(C)C)cn12. The Balaban J connectivity index is 2.27. The maximum atomic E-state index is 12.1. The average molecular weight is 275 g/mol. The van der Waals surface area contributed by atoms with Crippen LogP contribution in [0.25, 0.3) is 5.65 Å². The van der Waals surface area contributed by atoms with Crippen molar-refractivity contribution in [3.05, 3.63) is 35.8 Å². The third-order valence-electron chi connectivity index (χ3n) is 3.15. The molecule has 6 heteroatoms. The minimum absolute atomic E-state index is 0.199. The third kappa shape index (κ3) is 2.64. The molecule has 0 saturated heterocycles. The molecule has 2 heterocycles. The maximum absolute atomic E-state index is 12.1. The molecule has 2 aromatic heterocycles. The molecule has 1 amide bonds. The zero-order valence-electron chi connectivity index (χ0n) is 11.6. The van der Waals surface area contributed by atoms with Gasteiger partial charge in [0, 0.05) is 11.9 Å². The molecule has 2 rings (SSSR count). The van der Waals surface area contributed by atoms with Gasteiger partial charge in [0.15, 0.2) is 0 Å².